The Bertz CT molecular complexity index is 381. The van der Waals surface area contributed by atoms with Crippen molar-refractivity contribution >= 4 is 0 Å². The highest BCUT2D eigenvalue weighted by molar-refractivity contribution is 5.58. The van der Waals surface area contributed by atoms with E-state index >= 15 is 0 Å². The van der Waals surface area contributed by atoms with E-state index in [1.54, 1.807) is 6.07 Å². The lowest BCUT2D eigenvalue weighted by Gasteiger charge is -1.98. The van der Waals surface area contributed by atoms with Gasteiger partial charge in [-0.25, -0.2) is 4.39 Å². The summed E-state index contributed by atoms with van der Waals surface area (Å²) in [4.78, 5) is 3.97. The number of benzene rings is 1. The molecule has 0 fully saturated rings. The fraction of sp³-hybridized carbons (Fsp3) is 0. The average Bonchev–Trinajstić information content (AvgIpc) is 2.20. The maximum absolute atomic E-state index is 12.5. The maximum Gasteiger partial charge on any atom is 0.141 e. The minimum absolute atomic E-state index is 0.306. The second-order valence-electron chi connectivity index (χ2n) is 2.73. The molecule has 2 aromatic rings. The standard InChI is InChI=1S/C11H8FN/c12-10-6-7-11(13-8-10)9-4-2-1-3-5-9/h1-8H. The fourth-order valence-corrected chi connectivity index (χ4v) is 1.16. The number of aromatic nitrogens is 1. The summed E-state index contributed by atoms with van der Waals surface area (Å²) in [6, 6.07) is 12.8. The van der Waals surface area contributed by atoms with Crippen molar-refractivity contribution in [2.45, 2.75) is 0 Å². The second-order valence-corrected chi connectivity index (χ2v) is 2.73. The Morgan fingerprint density at radius 2 is 1.69 bits per heavy atom. The van der Waals surface area contributed by atoms with Crippen molar-refractivity contribution in [3.05, 3.63) is 54.5 Å². The molecule has 0 atom stereocenters. The molecule has 1 nitrogen and oxygen atoms in total. The smallest absolute Gasteiger partial charge is 0.141 e. The Balaban J connectivity index is 2.42. The Morgan fingerprint density at radius 3 is 2.31 bits per heavy atom. The van der Waals surface area contributed by atoms with Crippen LogP contribution < -0.4 is 0 Å². The molecule has 0 amide bonds. The van der Waals surface area contributed by atoms with Crippen molar-refractivity contribution in [2.75, 3.05) is 0 Å². The lowest BCUT2D eigenvalue weighted by atomic mass is 10.1. The van der Waals surface area contributed by atoms with Crippen molar-refractivity contribution in [2.24, 2.45) is 0 Å². The zero-order valence-corrected chi connectivity index (χ0v) is 6.94. The third-order valence-corrected chi connectivity index (χ3v) is 1.80. The van der Waals surface area contributed by atoms with Gasteiger partial charge in [-0.3, -0.25) is 4.98 Å². The fourth-order valence-electron chi connectivity index (χ4n) is 1.16. The van der Waals surface area contributed by atoms with Crippen LogP contribution in [0.15, 0.2) is 48.7 Å². The molecule has 0 saturated heterocycles. The molecule has 0 aliphatic carbocycles. The topological polar surface area (TPSA) is 12.9 Å². The van der Waals surface area contributed by atoms with E-state index in [9.17, 15) is 4.39 Å². The quantitative estimate of drug-likeness (QED) is 0.646. The van der Waals surface area contributed by atoms with Crippen LogP contribution in [0.3, 0.4) is 0 Å². The summed E-state index contributed by atoms with van der Waals surface area (Å²) in [6.45, 7) is 0. The maximum atomic E-state index is 12.5. The SMILES string of the molecule is Fc1ccc(-c2ccccc2)nc1. The summed E-state index contributed by atoms with van der Waals surface area (Å²) < 4.78 is 12.5. The van der Waals surface area contributed by atoms with Crippen LogP contribution >= 0.6 is 0 Å². The van der Waals surface area contributed by atoms with Crippen LogP contribution in [0.4, 0.5) is 4.39 Å². The van der Waals surface area contributed by atoms with E-state index in [4.69, 9.17) is 0 Å². The van der Waals surface area contributed by atoms with Crippen molar-refractivity contribution in [1.29, 1.82) is 0 Å². The van der Waals surface area contributed by atoms with E-state index in [0.717, 1.165) is 11.3 Å². The normalized spacial score (nSPS) is 9.92. The second kappa shape index (κ2) is 3.35. The predicted octanol–water partition coefficient (Wildman–Crippen LogP) is 2.89. The van der Waals surface area contributed by atoms with E-state index in [2.05, 4.69) is 4.98 Å². The van der Waals surface area contributed by atoms with Crippen LogP contribution in [-0.4, -0.2) is 4.98 Å². The van der Waals surface area contributed by atoms with Crippen molar-refractivity contribution < 1.29 is 4.39 Å². The monoisotopic (exact) mass is 173 g/mol. The molecular weight excluding hydrogens is 165 g/mol. The van der Waals surface area contributed by atoms with Gasteiger partial charge in [0.1, 0.15) is 5.82 Å². The molecule has 0 unspecified atom stereocenters. The first-order valence-corrected chi connectivity index (χ1v) is 4.03. The van der Waals surface area contributed by atoms with E-state index in [-0.39, 0.29) is 5.82 Å². The predicted molar refractivity (Wildman–Crippen MR) is 49.6 cm³/mol. The lowest BCUT2D eigenvalue weighted by molar-refractivity contribution is 0.622. The molecule has 1 heterocycles. The first-order valence-electron chi connectivity index (χ1n) is 4.03. The summed E-state index contributed by atoms with van der Waals surface area (Å²) in [7, 11) is 0. The van der Waals surface area contributed by atoms with Gasteiger partial charge in [-0.15, -0.1) is 0 Å². The Hall–Kier alpha value is -1.70. The molecule has 0 aliphatic rings. The molecule has 0 radical (unpaired) electrons. The molecule has 2 heteroatoms. The number of rotatable bonds is 1. The van der Waals surface area contributed by atoms with Gasteiger partial charge in [0, 0.05) is 5.56 Å². The van der Waals surface area contributed by atoms with Gasteiger partial charge in [0.05, 0.1) is 11.9 Å². The van der Waals surface area contributed by atoms with Crippen molar-refractivity contribution in [1.82, 2.24) is 4.98 Å². The van der Waals surface area contributed by atoms with Crippen molar-refractivity contribution in [3.8, 4) is 11.3 Å². The highest BCUT2D eigenvalue weighted by Gasteiger charge is 1.96. The minimum Gasteiger partial charge on any atom is -0.253 e. The lowest BCUT2D eigenvalue weighted by Crippen LogP contribution is -1.83. The third-order valence-electron chi connectivity index (χ3n) is 1.80. The molecule has 2 rings (SSSR count). The highest BCUT2D eigenvalue weighted by Crippen LogP contribution is 2.15. The van der Waals surface area contributed by atoms with Gasteiger partial charge in [0.15, 0.2) is 0 Å². The summed E-state index contributed by atoms with van der Waals surface area (Å²) in [5.41, 5.74) is 1.80. The Labute approximate surface area is 75.9 Å². The molecule has 0 spiro atoms. The van der Waals surface area contributed by atoms with Crippen LogP contribution in [0.5, 0.6) is 0 Å². The molecule has 0 N–H and O–H groups in total. The third kappa shape index (κ3) is 1.72. The molecule has 1 aromatic carbocycles. The van der Waals surface area contributed by atoms with E-state index in [0.29, 0.717) is 0 Å². The zero-order valence-electron chi connectivity index (χ0n) is 6.94. The van der Waals surface area contributed by atoms with Crippen LogP contribution in [0.25, 0.3) is 11.3 Å². The Morgan fingerprint density at radius 1 is 0.923 bits per heavy atom. The molecule has 0 saturated carbocycles. The van der Waals surface area contributed by atoms with E-state index in [1.165, 1.54) is 12.3 Å². The minimum atomic E-state index is -0.306. The van der Waals surface area contributed by atoms with Gasteiger partial charge in [-0.05, 0) is 12.1 Å². The van der Waals surface area contributed by atoms with Crippen molar-refractivity contribution in [3.63, 3.8) is 0 Å². The number of hydrogen-bond donors (Lipinski definition) is 0. The largest absolute Gasteiger partial charge is 0.253 e. The van der Waals surface area contributed by atoms with Gasteiger partial charge in [0.25, 0.3) is 0 Å². The average molecular weight is 173 g/mol. The molecule has 64 valence electrons. The Kier molecular flexibility index (Phi) is 2.04. The molecule has 13 heavy (non-hydrogen) atoms. The first kappa shape index (κ1) is 7.92. The van der Waals surface area contributed by atoms with E-state index < -0.39 is 0 Å². The summed E-state index contributed by atoms with van der Waals surface area (Å²) >= 11 is 0. The summed E-state index contributed by atoms with van der Waals surface area (Å²) in [5, 5.41) is 0. The van der Waals surface area contributed by atoms with Crippen LogP contribution in [-0.2, 0) is 0 Å². The molecular formula is C11H8FN. The highest BCUT2D eigenvalue weighted by atomic mass is 19.1. The van der Waals surface area contributed by atoms with Crippen LogP contribution in [0, 0.1) is 5.82 Å². The van der Waals surface area contributed by atoms with E-state index in [1.807, 2.05) is 30.3 Å². The molecule has 0 bridgehead atoms. The van der Waals surface area contributed by atoms with Crippen LogP contribution in [0.1, 0.15) is 0 Å². The van der Waals surface area contributed by atoms with Gasteiger partial charge < -0.3 is 0 Å². The van der Waals surface area contributed by atoms with Gasteiger partial charge >= 0.3 is 0 Å². The zero-order chi connectivity index (χ0) is 9.10. The molecule has 1 aromatic heterocycles. The summed E-state index contributed by atoms with van der Waals surface area (Å²) in [5.74, 6) is -0.306. The first-order chi connectivity index (χ1) is 6.36. The molecule has 0 aliphatic heterocycles. The van der Waals surface area contributed by atoms with Gasteiger partial charge in [-0.1, -0.05) is 30.3 Å². The summed E-state index contributed by atoms with van der Waals surface area (Å²) in [6.07, 6.45) is 1.22. The number of pyridine rings is 1. The van der Waals surface area contributed by atoms with Gasteiger partial charge in [0.2, 0.25) is 0 Å². The van der Waals surface area contributed by atoms with Gasteiger partial charge in [-0.2, -0.15) is 0 Å². The number of hydrogen-bond acceptors (Lipinski definition) is 1. The number of halogens is 1. The van der Waals surface area contributed by atoms with Crippen LogP contribution in [0.2, 0.25) is 0 Å². The number of nitrogens with zero attached hydrogens (tertiary/aromatic N) is 1.